The van der Waals surface area contributed by atoms with Crippen molar-refractivity contribution >= 4 is 5.91 Å². The van der Waals surface area contributed by atoms with E-state index < -0.39 is 0 Å². The summed E-state index contributed by atoms with van der Waals surface area (Å²) in [5.74, 6) is 1.35. The predicted molar refractivity (Wildman–Crippen MR) is 82.7 cm³/mol. The number of hydrogen-bond donors (Lipinski definition) is 1. The van der Waals surface area contributed by atoms with Crippen LogP contribution in [0.25, 0.3) is 0 Å². The van der Waals surface area contributed by atoms with Crippen molar-refractivity contribution in [1.82, 2.24) is 15.1 Å². The van der Waals surface area contributed by atoms with Gasteiger partial charge in [0.25, 0.3) is 0 Å². The second-order valence-corrected chi connectivity index (χ2v) is 6.78. The fourth-order valence-corrected chi connectivity index (χ4v) is 3.71. The lowest BCUT2D eigenvalue weighted by atomic mass is 9.92. The molecular weight excluding hydrogens is 250 g/mol. The van der Waals surface area contributed by atoms with Crippen LogP contribution in [-0.4, -0.2) is 61.5 Å². The van der Waals surface area contributed by atoms with Crippen LogP contribution in [0.1, 0.15) is 39.5 Å². The van der Waals surface area contributed by atoms with Gasteiger partial charge in [-0.2, -0.15) is 0 Å². The van der Waals surface area contributed by atoms with Crippen LogP contribution in [0.5, 0.6) is 0 Å². The molecule has 4 nitrogen and oxygen atoms in total. The summed E-state index contributed by atoms with van der Waals surface area (Å²) in [6, 6.07) is 0.492. The van der Waals surface area contributed by atoms with Crippen molar-refractivity contribution in [2.45, 2.75) is 45.6 Å². The first kappa shape index (κ1) is 15.8. The van der Waals surface area contributed by atoms with Gasteiger partial charge in [0.2, 0.25) is 5.91 Å². The molecule has 0 aromatic rings. The van der Waals surface area contributed by atoms with Crippen molar-refractivity contribution in [3.8, 4) is 0 Å². The van der Waals surface area contributed by atoms with Crippen LogP contribution in [0.2, 0.25) is 0 Å². The molecule has 3 atom stereocenters. The molecule has 20 heavy (non-hydrogen) atoms. The number of rotatable bonds is 5. The molecule has 1 amide bonds. The zero-order valence-electron chi connectivity index (χ0n) is 13.4. The van der Waals surface area contributed by atoms with E-state index in [1.807, 2.05) is 0 Å². The van der Waals surface area contributed by atoms with Crippen molar-refractivity contribution < 1.29 is 4.79 Å². The molecule has 0 aromatic heterocycles. The number of amides is 1. The number of hydrogen-bond acceptors (Lipinski definition) is 3. The van der Waals surface area contributed by atoms with Crippen molar-refractivity contribution in [3.05, 3.63) is 0 Å². The summed E-state index contributed by atoms with van der Waals surface area (Å²) in [6.45, 7) is 9.66. The average Bonchev–Trinajstić information content (AvgIpc) is 2.86. The Morgan fingerprint density at radius 2 is 2.20 bits per heavy atom. The summed E-state index contributed by atoms with van der Waals surface area (Å²) >= 11 is 0. The second-order valence-electron chi connectivity index (χ2n) is 6.78. The molecule has 116 valence electrons. The normalized spacial score (nSPS) is 31.0. The van der Waals surface area contributed by atoms with E-state index in [1.54, 1.807) is 0 Å². The fraction of sp³-hybridized carbons (Fsp3) is 0.938. The van der Waals surface area contributed by atoms with Crippen molar-refractivity contribution in [3.63, 3.8) is 0 Å². The van der Waals surface area contributed by atoms with Gasteiger partial charge in [-0.25, -0.2) is 0 Å². The van der Waals surface area contributed by atoms with Crippen LogP contribution >= 0.6 is 0 Å². The number of carbonyl (C=O) groups excluding carboxylic acids is 1. The lowest BCUT2D eigenvalue weighted by Gasteiger charge is -2.30. The van der Waals surface area contributed by atoms with E-state index in [2.05, 4.69) is 36.0 Å². The summed E-state index contributed by atoms with van der Waals surface area (Å²) in [4.78, 5) is 17.1. The first-order valence-electron chi connectivity index (χ1n) is 8.30. The van der Waals surface area contributed by atoms with Crippen LogP contribution in [-0.2, 0) is 4.79 Å². The Balaban J connectivity index is 1.78. The Labute approximate surface area is 123 Å². The standard InChI is InChI=1S/C16H31N3O/c1-4-8-18(3)11-14-6-9-19(12-14)16(20)15-5-7-17-13(2)10-15/h13-15,17H,4-12H2,1-3H3/t13-,14?,15-/m0/s1. The maximum absolute atomic E-state index is 12.6. The molecule has 2 fully saturated rings. The highest BCUT2D eigenvalue weighted by molar-refractivity contribution is 5.79. The Hall–Kier alpha value is -0.610. The molecule has 0 radical (unpaired) electrons. The molecule has 2 aliphatic rings. The molecule has 1 unspecified atom stereocenters. The lowest BCUT2D eigenvalue weighted by Crippen LogP contribution is -2.43. The van der Waals surface area contributed by atoms with Gasteiger partial charge in [0.05, 0.1) is 0 Å². The topological polar surface area (TPSA) is 35.6 Å². The van der Waals surface area contributed by atoms with Crippen molar-refractivity contribution in [2.24, 2.45) is 11.8 Å². The van der Waals surface area contributed by atoms with Gasteiger partial charge in [-0.3, -0.25) is 4.79 Å². The molecule has 2 saturated heterocycles. The van der Waals surface area contributed by atoms with Gasteiger partial charge < -0.3 is 15.1 Å². The van der Waals surface area contributed by atoms with E-state index in [4.69, 9.17) is 0 Å². The highest BCUT2D eigenvalue weighted by atomic mass is 16.2. The minimum absolute atomic E-state index is 0.262. The molecule has 4 heteroatoms. The smallest absolute Gasteiger partial charge is 0.225 e. The number of nitrogens with one attached hydrogen (secondary N) is 1. The highest BCUT2D eigenvalue weighted by Crippen LogP contribution is 2.24. The molecular formula is C16H31N3O. The molecule has 2 aliphatic heterocycles. The minimum atomic E-state index is 0.262. The number of likely N-dealkylation sites (tertiary alicyclic amines) is 1. The summed E-state index contributed by atoms with van der Waals surface area (Å²) in [5.41, 5.74) is 0. The molecule has 0 aliphatic carbocycles. The summed E-state index contributed by atoms with van der Waals surface area (Å²) in [5, 5.41) is 3.43. The zero-order chi connectivity index (χ0) is 14.5. The third kappa shape index (κ3) is 4.19. The van der Waals surface area contributed by atoms with Gasteiger partial charge in [0, 0.05) is 31.6 Å². The quantitative estimate of drug-likeness (QED) is 0.831. The molecule has 0 spiro atoms. The molecule has 0 aromatic carbocycles. The monoisotopic (exact) mass is 281 g/mol. The average molecular weight is 281 g/mol. The van der Waals surface area contributed by atoms with Crippen LogP contribution in [0.4, 0.5) is 0 Å². The first-order valence-corrected chi connectivity index (χ1v) is 8.30. The zero-order valence-corrected chi connectivity index (χ0v) is 13.4. The lowest BCUT2D eigenvalue weighted by molar-refractivity contribution is -0.135. The first-order chi connectivity index (χ1) is 9.60. The van der Waals surface area contributed by atoms with Gasteiger partial charge >= 0.3 is 0 Å². The van der Waals surface area contributed by atoms with E-state index in [0.29, 0.717) is 17.9 Å². The van der Waals surface area contributed by atoms with E-state index in [9.17, 15) is 4.79 Å². The van der Waals surface area contributed by atoms with Gasteiger partial charge in [0.15, 0.2) is 0 Å². The van der Waals surface area contributed by atoms with Gasteiger partial charge in [-0.1, -0.05) is 6.92 Å². The number of piperidine rings is 1. The Morgan fingerprint density at radius 3 is 2.90 bits per heavy atom. The second kappa shape index (κ2) is 7.41. The van der Waals surface area contributed by atoms with Crippen LogP contribution < -0.4 is 5.32 Å². The van der Waals surface area contributed by atoms with Crippen molar-refractivity contribution in [2.75, 3.05) is 39.8 Å². The molecule has 2 rings (SSSR count). The minimum Gasteiger partial charge on any atom is -0.342 e. The summed E-state index contributed by atoms with van der Waals surface area (Å²) < 4.78 is 0. The Bertz CT molecular complexity index is 321. The molecule has 1 N–H and O–H groups in total. The summed E-state index contributed by atoms with van der Waals surface area (Å²) in [7, 11) is 2.20. The molecule has 0 bridgehead atoms. The Morgan fingerprint density at radius 1 is 1.40 bits per heavy atom. The van der Waals surface area contributed by atoms with E-state index in [-0.39, 0.29) is 5.92 Å². The van der Waals surface area contributed by atoms with Gasteiger partial charge in [-0.05, 0) is 58.7 Å². The largest absolute Gasteiger partial charge is 0.342 e. The predicted octanol–water partition coefficient (Wildman–Crippen LogP) is 1.56. The maximum atomic E-state index is 12.6. The molecule has 0 saturated carbocycles. The van der Waals surface area contributed by atoms with E-state index in [1.165, 1.54) is 12.8 Å². The number of carbonyl (C=O) groups is 1. The van der Waals surface area contributed by atoms with Crippen molar-refractivity contribution in [1.29, 1.82) is 0 Å². The third-order valence-corrected chi connectivity index (χ3v) is 4.75. The maximum Gasteiger partial charge on any atom is 0.225 e. The van der Waals surface area contributed by atoms with Crippen LogP contribution in [0.15, 0.2) is 0 Å². The Kier molecular flexibility index (Phi) is 5.85. The van der Waals surface area contributed by atoms with Crippen LogP contribution in [0.3, 0.4) is 0 Å². The SMILES string of the molecule is CCCN(C)CC1CCN(C(=O)[C@H]2CCN[C@@H](C)C2)C1. The van der Waals surface area contributed by atoms with Gasteiger partial charge in [0.1, 0.15) is 0 Å². The fourth-order valence-electron chi connectivity index (χ4n) is 3.71. The highest BCUT2D eigenvalue weighted by Gasteiger charge is 2.33. The van der Waals surface area contributed by atoms with E-state index >= 15 is 0 Å². The van der Waals surface area contributed by atoms with Gasteiger partial charge in [-0.15, -0.1) is 0 Å². The molecule has 2 heterocycles. The van der Waals surface area contributed by atoms with E-state index in [0.717, 1.165) is 45.6 Å². The summed E-state index contributed by atoms with van der Waals surface area (Å²) in [6.07, 6.45) is 4.41. The van der Waals surface area contributed by atoms with Crippen LogP contribution in [0, 0.1) is 11.8 Å². The number of nitrogens with zero attached hydrogens (tertiary/aromatic N) is 2. The third-order valence-electron chi connectivity index (χ3n) is 4.75.